The van der Waals surface area contributed by atoms with Crippen molar-refractivity contribution in [2.75, 3.05) is 39.3 Å². The zero-order chi connectivity index (χ0) is 11.4. The molecule has 2 amide bonds. The Morgan fingerprint density at radius 1 is 1.25 bits per heavy atom. The molecule has 0 atom stereocenters. The summed E-state index contributed by atoms with van der Waals surface area (Å²) in [6.07, 6.45) is 3.78. The van der Waals surface area contributed by atoms with Crippen molar-refractivity contribution < 1.29 is 4.79 Å². The molecule has 2 aliphatic rings. The molecule has 0 aromatic rings. The van der Waals surface area contributed by atoms with E-state index in [4.69, 9.17) is 0 Å². The summed E-state index contributed by atoms with van der Waals surface area (Å²) in [6.45, 7) is 8.39. The largest absolute Gasteiger partial charge is 0.337 e. The summed E-state index contributed by atoms with van der Waals surface area (Å²) in [6, 6.07) is 0.122. The normalized spacial score (nSPS) is 22.9. The van der Waals surface area contributed by atoms with Gasteiger partial charge in [-0.2, -0.15) is 0 Å². The van der Waals surface area contributed by atoms with Crippen LogP contribution >= 0.6 is 0 Å². The number of piperidine rings is 1. The van der Waals surface area contributed by atoms with Crippen LogP contribution in [0, 0.1) is 5.92 Å². The molecule has 2 heterocycles. The molecule has 0 aromatic heterocycles. The molecule has 2 rings (SSSR count). The SMILES string of the molecule is CC1CCN(CCNC(=O)N2CCC2)CC1. The molecule has 0 unspecified atom stereocenters. The van der Waals surface area contributed by atoms with Gasteiger partial charge in [-0.25, -0.2) is 4.79 Å². The molecular weight excluding hydrogens is 202 g/mol. The van der Waals surface area contributed by atoms with Gasteiger partial charge in [0.05, 0.1) is 0 Å². The molecule has 0 saturated carbocycles. The number of nitrogens with zero attached hydrogens (tertiary/aromatic N) is 2. The first-order valence-electron chi connectivity index (χ1n) is 6.51. The molecule has 2 fully saturated rings. The smallest absolute Gasteiger partial charge is 0.317 e. The third kappa shape index (κ3) is 3.11. The van der Waals surface area contributed by atoms with E-state index in [1.807, 2.05) is 4.90 Å². The van der Waals surface area contributed by atoms with Crippen molar-refractivity contribution in [2.45, 2.75) is 26.2 Å². The van der Waals surface area contributed by atoms with E-state index in [0.717, 1.165) is 38.5 Å². The van der Waals surface area contributed by atoms with Crippen molar-refractivity contribution in [3.05, 3.63) is 0 Å². The summed E-state index contributed by atoms with van der Waals surface area (Å²) < 4.78 is 0. The van der Waals surface area contributed by atoms with Gasteiger partial charge in [0, 0.05) is 26.2 Å². The highest BCUT2D eigenvalue weighted by molar-refractivity contribution is 5.74. The second-order valence-corrected chi connectivity index (χ2v) is 5.10. The minimum atomic E-state index is 0.122. The lowest BCUT2D eigenvalue weighted by Crippen LogP contribution is -2.49. The summed E-state index contributed by atoms with van der Waals surface area (Å²) >= 11 is 0. The summed E-state index contributed by atoms with van der Waals surface area (Å²) in [5, 5.41) is 2.99. The maximum absolute atomic E-state index is 11.5. The number of nitrogens with one attached hydrogen (secondary N) is 1. The number of urea groups is 1. The van der Waals surface area contributed by atoms with Crippen LogP contribution in [0.4, 0.5) is 4.79 Å². The van der Waals surface area contributed by atoms with Crippen molar-refractivity contribution in [2.24, 2.45) is 5.92 Å². The second-order valence-electron chi connectivity index (χ2n) is 5.10. The van der Waals surface area contributed by atoms with E-state index in [0.29, 0.717) is 0 Å². The van der Waals surface area contributed by atoms with Crippen LogP contribution in [0.5, 0.6) is 0 Å². The van der Waals surface area contributed by atoms with Gasteiger partial charge in [-0.1, -0.05) is 6.92 Å². The Balaban J connectivity index is 1.55. The third-order valence-corrected chi connectivity index (χ3v) is 3.72. The van der Waals surface area contributed by atoms with Gasteiger partial charge < -0.3 is 15.1 Å². The standard InChI is InChI=1S/C12H23N3O/c1-11-3-8-14(9-4-11)10-5-13-12(16)15-6-2-7-15/h11H,2-10H2,1H3,(H,13,16). The van der Waals surface area contributed by atoms with Gasteiger partial charge in [-0.05, 0) is 38.3 Å². The van der Waals surface area contributed by atoms with Gasteiger partial charge in [0.25, 0.3) is 0 Å². The van der Waals surface area contributed by atoms with Gasteiger partial charge in [-0.15, -0.1) is 0 Å². The molecule has 2 saturated heterocycles. The fourth-order valence-electron chi connectivity index (χ4n) is 2.24. The summed E-state index contributed by atoms with van der Waals surface area (Å²) in [7, 11) is 0. The molecule has 0 aromatic carbocycles. The molecule has 0 spiro atoms. The summed E-state index contributed by atoms with van der Waals surface area (Å²) in [5.41, 5.74) is 0. The molecule has 4 nitrogen and oxygen atoms in total. The van der Waals surface area contributed by atoms with Gasteiger partial charge in [0.2, 0.25) is 0 Å². The minimum Gasteiger partial charge on any atom is -0.337 e. The van der Waals surface area contributed by atoms with E-state index in [1.54, 1.807) is 0 Å². The van der Waals surface area contributed by atoms with Crippen LogP contribution in [0.3, 0.4) is 0 Å². The predicted octanol–water partition coefficient (Wildman–Crippen LogP) is 1.13. The summed E-state index contributed by atoms with van der Waals surface area (Å²) in [4.78, 5) is 15.8. The molecule has 4 heteroatoms. The molecule has 1 N–H and O–H groups in total. The topological polar surface area (TPSA) is 35.6 Å². The highest BCUT2D eigenvalue weighted by Gasteiger charge is 2.20. The van der Waals surface area contributed by atoms with E-state index >= 15 is 0 Å². The second kappa shape index (κ2) is 5.53. The van der Waals surface area contributed by atoms with E-state index in [1.165, 1.54) is 25.9 Å². The Morgan fingerprint density at radius 3 is 2.50 bits per heavy atom. The van der Waals surface area contributed by atoms with Crippen LogP contribution in [-0.4, -0.2) is 55.1 Å². The highest BCUT2D eigenvalue weighted by Crippen LogP contribution is 2.15. The van der Waals surface area contributed by atoms with Crippen molar-refractivity contribution >= 4 is 6.03 Å². The maximum atomic E-state index is 11.5. The van der Waals surface area contributed by atoms with Crippen LogP contribution < -0.4 is 5.32 Å². The molecule has 0 aliphatic carbocycles. The lowest BCUT2D eigenvalue weighted by molar-refractivity contribution is 0.161. The van der Waals surface area contributed by atoms with E-state index in [2.05, 4.69) is 17.1 Å². The molecule has 16 heavy (non-hydrogen) atoms. The zero-order valence-corrected chi connectivity index (χ0v) is 10.2. The molecule has 0 bridgehead atoms. The summed E-state index contributed by atoms with van der Waals surface area (Å²) in [5.74, 6) is 0.881. The molecule has 0 radical (unpaired) electrons. The van der Waals surface area contributed by atoms with E-state index in [-0.39, 0.29) is 6.03 Å². The quantitative estimate of drug-likeness (QED) is 0.781. The number of likely N-dealkylation sites (tertiary alicyclic amines) is 2. The fourth-order valence-corrected chi connectivity index (χ4v) is 2.24. The fraction of sp³-hybridized carbons (Fsp3) is 0.917. The Kier molecular flexibility index (Phi) is 4.04. The molecular formula is C12H23N3O. The number of rotatable bonds is 3. The third-order valence-electron chi connectivity index (χ3n) is 3.72. The van der Waals surface area contributed by atoms with E-state index in [9.17, 15) is 4.79 Å². The number of hydrogen-bond acceptors (Lipinski definition) is 2. The van der Waals surface area contributed by atoms with Crippen molar-refractivity contribution in [3.63, 3.8) is 0 Å². The number of amides is 2. The lowest BCUT2D eigenvalue weighted by atomic mass is 9.99. The average Bonchev–Trinajstić information content (AvgIpc) is 2.18. The van der Waals surface area contributed by atoms with Crippen LogP contribution in [0.2, 0.25) is 0 Å². The molecule has 2 aliphatic heterocycles. The van der Waals surface area contributed by atoms with Crippen LogP contribution in [0.25, 0.3) is 0 Å². The predicted molar refractivity (Wildman–Crippen MR) is 64.4 cm³/mol. The van der Waals surface area contributed by atoms with Crippen molar-refractivity contribution in [1.82, 2.24) is 15.1 Å². The van der Waals surface area contributed by atoms with Crippen LogP contribution in [0.15, 0.2) is 0 Å². The Hall–Kier alpha value is -0.770. The first-order chi connectivity index (χ1) is 7.75. The zero-order valence-electron chi connectivity index (χ0n) is 10.2. The van der Waals surface area contributed by atoms with Crippen LogP contribution in [-0.2, 0) is 0 Å². The number of hydrogen-bond donors (Lipinski definition) is 1. The molecule has 92 valence electrons. The first-order valence-corrected chi connectivity index (χ1v) is 6.51. The monoisotopic (exact) mass is 225 g/mol. The Bertz CT molecular complexity index is 232. The Labute approximate surface area is 98.0 Å². The van der Waals surface area contributed by atoms with Gasteiger partial charge in [0.1, 0.15) is 0 Å². The maximum Gasteiger partial charge on any atom is 0.317 e. The van der Waals surface area contributed by atoms with Gasteiger partial charge >= 0.3 is 6.03 Å². The van der Waals surface area contributed by atoms with Gasteiger partial charge in [-0.3, -0.25) is 0 Å². The van der Waals surface area contributed by atoms with E-state index < -0.39 is 0 Å². The van der Waals surface area contributed by atoms with Crippen LogP contribution in [0.1, 0.15) is 26.2 Å². The number of carbonyl (C=O) groups is 1. The lowest BCUT2D eigenvalue weighted by Gasteiger charge is -2.32. The van der Waals surface area contributed by atoms with Crippen molar-refractivity contribution in [3.8, 4) is 0 Å². The average molecular weight is 225 g/mol. The van der Waals surface area contributed by atoms with Crippen molar-refractivity contribution in [1.29, 1.82) is 0 Å². The number of carbonyl (C=O) groups excluding carboxylic acids is 1. The Morgan fingerprint density at radius 2 is 1.94 bits per heavy atom. The van der Waals surface area contributed by atoms with Gasteiger partial charge in [0.15, 0.2) is 0 Å². The minimum absolute atomic E-state index is 0.122. The highest BCUT2D eigenvalue weighted by atomic mass is 16.2. The first kappa shape index (κ1) is 11.7.